The van der Waals surface area contributed by atoms with Gasteiger partial charge in [-0.2, -0.15) is 0 Å². The van der Waals surface area contributed by atoms with Gasteiger partial charge in [-0.3, -0.25) is 4.79 Å². The van der Waals surface area contributed by atoms with E-state index in [1.165, 1.54) is 6.08 Å². The van der Waals surface area contributed by atoms with E-state index in [0.29, 0.717) is 6.04 Å². The molecule has 0 radical (unpaired) electrons. The standard InChI is InChI=1S/C9H15NO/c1-3-8-6-5-7-10(8)9(11)4-2/h4,8H,2-3,5-7H2,1H3. The monoisotopic (exact) mass is 153 g/mol. The molecule has 62 valence electrons. The Bertz CT molecular complexity index is 165. The lowest BCUT2D eigenvalue weighted by Gasteiger charge is -2.21. The lowest BCUT2D eigenvalue weighted by atomic mass is 10.2. The number of hydrogen-bond donors (Lipinski definition) is 0. The van der Waals surface area contributed by atoms with Crippen molar-refractivity contribution in [2.75, 3.05) is 6.54 Å². The van der Waals surface area contributed by atoms with Crippen LogP contribution in [-0.2, 0) is 4.79 Å². The van der Waals surface area contributed by atoms with Crippen molar-refractivity contribution in [2.45, 2.75) is 32.2 Å². The Kier molecular flexibility index (Phi) is 2.69. The summed E-state index contributed by atoms with van der Waals surface area (Å²) in [4.78, 5) is 13.1. The van der Waals surface area contributed by atoms with E-state index in [-0.39, 0.29) is 5.91 Å². The number of nitrogens with zero attached hydrogens (tertiary/aromatic N) is 1. The van der Waals surface area contributed by atoms with Gasteiger partial charge in [0.25, 0.3) is 0 Å². The Morgan fingerprint density at radius 2 is 2.55 bits per heavy atom. The first-order valence-corrected chi connectivity index (χ1v) is 4.22. The summed E-state index contributed by atoms with van der Waals surface area (Å²) in [6.45, 7) is 6.53. The van der Waals surface area contributed by atoms with E-state index in [1.807, 2.05) is 4.90 Å². The van der Waals surface area contributed by atoms with E-state index in [1.54, 1.807) is 0 Å². The zero-order chi connectivity index (χ0) is 8.27. The predicted octanol–water partition coefficient (Wildman–Crippen LogP) is 1.57. The Hall–Kier alpha value is -0.790. The summed E-state index contributed by atoms with van der Waals surface area (Å²) in [6, 6.07) is 0.473. The van der Waals surface area contributed by atoms with Crippen molar-refractivity contribution in [3.63, 3.8) is 0 Å². The average molecular weight is 153 g/mol. The van der Waals surface area contributed by atoms with E-state index < -0.39 is 0 Å². The number of likely N-dealkylation sites (tertiary alicyclic amines) is 1. The van der Waals surface area contributed by atoms with Gasteiger partial charge in [-0.1, -0.05) is 13.5 Å². The smallest absolute Gasteiger partial charge is 0.246 e. The highest BCUT2D eigenvalue weighted by Crippen LogP contribution is 2.19. The Balaban J connectivity index is 2.55. The second-order valence-corrected chi connectivity index (χ2v) is 2.94. The first-order valence-electron chi connectivity index (χ1n) is 4.22. The summed E-state index contributed by atoms with van der Waals surface area (Å²) in [7, 11) is 0. The number of amides is 1. The number of rotatable bonds is 2. The quantitative estimate of drug-likeness (QED) is 0.551. The van der Waals surface area contributed by atoms with Gasteiger partial charge in [-0.25, -0.2) is 0 Å². The van der Waals surface area contributed by atoms with E-state index >= 15 is 0 Å². The van der Waals surface area contributed by atoms with Crippen molar-refractivity contribution in [1.29, 1.82) is 0 Å². The van der Waals surface area contributed by atoms with Gasteiger partial charge in [0.15, 0.2) is 0 Å². The third-order valence-electron chi connectivity index (χ3n) is 2.31. The van der Waals surface area contributed by atoms with Crippen LogP contribution < -0.4 is 0 Å². The van der Waals surface area contributed by atoms with Crippen LogP contribution in [0.5, 0.6) is 0 Å². The van der Waals surface area contributed by atoms with Crippen LogP contribution in [0.1, 0.15) is 26.2 Å². The van der Waals surface area contributed by atoms with Crippen LogP contribution in [-0.4, -0.2) is 23.4 Å². The van der Waals surface area contributed by atoms with Crippen LogP contribution in [0.2, 0.25) is 0 Å². The summed E-state index contributed by atoms with van der Waals surface area (Å²) >= 11 is 0. The van der Waals surface area contributed by atoms with E-state index in [9.17, 15) is 4.79 Å². The molecule has 0 bridgehead atoms. The summed E-state index contributed by atoms with van der Waals surface area (Å²) in [5.74, 6) is 0.0920. The Morgan fingerprint density at radius 3 is 3.09 bits per heavy atom. The molecule has 0 N–H and O–H groups in total. The maximum Gasteiger partial charge on any atom is 0.246 e. The molecule has 2 heteroatoms. The van der Waals surface area contributed by atoms with E-state index in [4.69, 9.17) is 0 Å². The summed E-state index contributed by atoms with van der Waals surface area (Å²) in [6.07, 6.45) is 4.79. The van der Waals surface area contributed by atoms with Gasteiger partial charge < -0.3 is 4.90 Å². The third-order valence-corrected chi connectivity index (χ3v) is 2.31. The summed E-state index contributed by atoms with van der Waals surface area (Å²) in [5.41, 5.74) is 0. The predicted molar refractivity (Wildman–Crippen MR) is 45.2 cm³/mol. The molecule has 1 unspecified atom stereocenters. The molecule has 0 aromatic heterocycles. The Morgan fingerprint density at radius 1 is 1.82 bits per heavy atom. The molecule has 0 aliphatic carbocycles. The molecule has 11 heavy (non-hydrogen) atoms. The van der Waals surface area contributed by atoms with Gasteiger partial charge in [0.1, 0.15) is 0 Å². The summed E-state index contributed by atoms with van der Waals surface area (Å²) in [5, 5.41) is 0. The highest BCUT2D eigenvalue weighted by molar-refractivity contribution is 5.87. The number of carbonyl (C=O) groups is 1. The van der Waals surface area contributed by atoms with Gasteiger partial charge in [0, 0.05) is 12.6 Å². The maximum atomic E-state index is 11.2. The molecule has 0 aromatic rings. The van der Waals surface area contributed by atoms with Crippen molar-refractivity contribution in [3.05, 3.63) is 12.7 Å². The molecular weight excluding hydrogens is 138 g/mol. The van der Waals surface area contributed by atoms with E-state index in [0.717, 1.165) is 25.8 Å². The first-order chi connectivity index (χ1) is 5.29. The van der Waals surface area contributed by atoms with E-state index in [2.05, 4.69) is 13.5 Å². The van der Waals surface area contributed by atoms with Crippen molar-refractivity contribution in [3.8, 4) is 0 Å². The molecule has 0 saturated carbocycles. The number of hydrogen-bond acceptors (Lipinski definition) is 1. The Labute approximate surface area is 67.9 Å². The molecule has 1 aliphatic heterocycles. The maximum absolute atomic E-state index is 11.2. The molecule has 1 fully saturated rings. The average Bonchev–Trinajstić information content (AvgIpc) is 2.50. The van der Waals surface area contributed by atoms with Gasteiger partial charge >= 0.3 is 0 Å². The highest BCUT2D eigenvalue weighted by Gasteiger charge is 2.24. The largest absolute Gasteiger partial charge is 0.336 e. The van der Waals surface area contributed by atoms with Gasteiger partial charge in [0.2, 0.25) is 5.91 Å². The minimum atomic E-state index is 0.0920. The zero-order valence-corrected chi connectivity index (χ0v) is 7.05. The second kappa shape index (κ2) is 3.56. The molecular formula is C9H15NO. The van der Waals surface area contributed by atoms with Gasteiger partial charge in [-0.05, 0) is 25.3 Å². The van der Waals surface area contributed by atoms with Crippen LogP contribution in [0.4, 0.5) is 0 Å². The van der Waals surface area contributed by atoms with Crippen molar-refractivity contribution in [1.82, 2.24) is 4.90 Å². The fourth-order valence-electron chi connectivity index (χ4n) is 1.67. The van der Waals surface area contributed by atoms with Crippen LogP contribution in [0, 0.1) is 0 Å². The lowest BCUT2D eigenvalue weighted by molar-refractivity contribution is -0.126. The molecule has 1 amide bonds. The SMILES string of the molecule is C=CC(=O)N1CCCC1CC. The fraction of sp³-hybridized carbons (Fsp3) is 0.667. The van der Waals surface area contributed by atoms with Crippen LogP contribution in [0.25, 0.3) is 0 Å². The van der Waals surface area contributed by atoms with Crippen LogP contribution in [0.15, 0.2) is 12.7 Å². The summed E-state index contributed by atoms with van der Waals surface area (Å²) < 4.78 is 0. The minimum Gasteiger partial charge on any atom is -0.336 e. The van der Waals surface area contributed by atoms with Crippen LogP contribution >= 0.6 is 0 Å². The van der Waals surface area contributed by atoms with Gasteiger partial charge in [0.05, 0.1) is 0 Å². The molecule has 1 aliphatic rings. The molecule has 2 nitrogen and oxygen atoms in total. The van der Waals surface area contributed by atoms with Gasteiger partial charge in [-0.15, -0.1) is 0 Å². The molecule has 1 heterocycles. The molecule has 0 aromatic carbocycles. The van der Waals surface area contributed by atoms with Crippen molar-refractivity contribution >= 4 is 5.91 Å². The normalized spacial score (nSPS) is 23.7. The fourth-order valence-corrected chi connectivity index (χ4v) is 1.67. The molecule has 1 rings (SSSR count). The number of carbonyl (C=O) groups excluding carboxylic acids is 1. The second-order valence-electron chi connectivity index (χ2n) is 2.94. The highest BCUT2D eigenvalue weighted by atomic mass is 16.2. The molecule has 1 saturated heterocycles. The molecule has 0 spiro atoms. The first kappa shape index (κ1) is 8.31. The van der Waals surface area contributed by atoms with Crippen molar-refractivity contribution in [2.24, 2.45) is 0 Å². The minimum absolute atomic E-state index is 0.0920. The van der Waals surface area contributed by atoms with Crippen LogP contribution in [0.3, 0.4) is 0 Å². The zero-order valence-electron chi connectivity index (χ0n) is 7.05. The topological polar surface area (TPSA) is 20.3 Å². The third kappa shape index (κ3) is 1.62. The lowest BCUT2D eigenvalue weighted by Crippen LogP contribution is -2.33. The van der Waals surface area contributed by atoms with Crippen molar-refractivity contribution < 1.29 is 4.79 Å². The molecule has 1 atom stereocenters.